The second kappa shape index (κ2) is 11.1. The Morgan fingerprint density at radius 2 is 1.89 bits per heavy atom. The Labute approximate surface area is 205 Å². The van der Waals surface area contributed by atoms with Crippen LogP contribution in [-0.2, 0) is 0 Å². The lowest BCUT2D eigenvalue weighted by Crippen LogP contribution is -2.46. The molecule has 1 aliphatic heterocycles. The summed E-state index contributed by atoms with van der Waals surface area (Å²) in [7, 11) is 1.62. The van der Waals surface area contributed by atoms with E-state index >= 15 is 0 Å². The molecule has 35 heavy (non-hydrogen) atoms. The molecule has 2 aromatic carbocycles. The molecule has 1 aliphatic rings. The number of allylic oxidation sites excluding steroid dienone is 1. The first-order chi connectivity index (χ1) is 17.0. The van der Waals surface area contributed by atoms with E-state index in [1.165, 1.54) is 0 Å². The normalized spacial score (nSPS) is 15.8. The van der Waals surface area contributed by atoms with Crippen LogP contribution in [0.15, 0.2) is 58.8 Å². The molecule has 1 N–H and O–H groups in total. The average Bonchev–Trinajstić information content (AvgIpc) is 3.36. The molecule has 0 saturated heterocycles. The Hall–Kier alpha value is -3.81. The van der Waals surface area contributed by atoms with Gasteiger partial charge >= 0.3 is 6.03 Å². The number of amides is 2. The van der Waals surface area contributed by atoms with Crippen molar-refractivity contribution in [3.63, 3.8) is 0 Å². The highest BCUT2D eigenvalue weighted by Crippen LogP contribution is 2.38. The van der Waals surface area contributed by atoms with E-state index in [2.05, 4.69) is 17.4 Å². The van der Waals surface area contributed by atoms with Crippen LogP contribution >= 0.6 is 0 Å². The number of ether oxygens (including phenoxy) is 2. The number of benzene rings is 2. The van der Waals surface area contributed by atoms with E-state index in [1.807, 2.05) is 62.4 Å². The maximum atomic E-state index is 13.1. The van der Waals surface area contributed by atoms with Crippen LogP contribution in [0.2, 0.25) is 0 Å². The van der Waals surface area contributed by atoms with E-state index in [4.69, 9.17) is 19.0 Å². The maximum absolute atomic E-state index is 13.1. The summed E-state index contributed by atoms with van der Waals surface area (Å²) in [5.74, 6) is 2.34. The van der Waals surface area contributed by atoms with Gasteiger partial charge in [-0.3, -0.25) is 4.90 Å². The number of carbonyl (C=O) groups excluding carboxylic acids is 1. The van der Waals surface area contributed by atoms with E-state index < -0.39 is 6.04 Å². The standard InChI is InChI=1S/C27H32N4O4/c1-5-7-8-16-31-18(3)23(24(28-27(31)32)20-10-9-11-22(17-20)33-4)26-29-25(30-35-26)19-12-14-21(15-13-19)34-6-2/h9-15,17,24H,5-8,16H2,1-4H3,(H,28,32). The number of rotatable bonds is 10. The van der Waals surface area contributed by atoms with E-state index in [0.717, 1.165) is 47.4 Å². The topological polar surface area (TPSA) is 89.7 Å². The Morgan fingerprint density at radius 1 is 1.09 bits per heavy atom. The Bertz CT molecular complexity index is 1190. The van der Waals surface area contributed by atoms with Gasteiger partial charge in [-0.15, -0.1) is 0 Å². The number of nitrogens with zero attached hydrogens (tertiary/aromatic N) is 3. The van der Waals surface area contributed by atoms with Crippen molar-refractivity contribution in [2.75, 3.05) is 20.3 Å². The zero-order valence-electron chi connectivity index (χ0n) is 20.7. The van der Waals surface area contributed by atoms with E-state index in [9.17, 15) is 4.79 Å². The van der Waals surface area contributed by atoms with Crippen molar-refractivity contribution in [2.24, 2.45) is 0 Å². The SMILES string of the molecule is CCCCCN1C(=O)NC(c2cccc(OC)c2)C(c2nc(-c3ccc(OCC)cc3)no2)=C1C. The van der Waals surface area contributed by atoms with Gasteiger partial charge in [0.15, 0.2) is 0 Å². The quantitative estimate of drug-likeness (QED) is 0.370. The number of methoxy groups -OCH3 is 1. The summed E-state index contributed by atoms with van der Waals surface area (Å²) in [5.41, 5.74) is 3.28. The minimum absolute atomic E-state index is 0.138. The molecule has 2 heterocycles. The van der Waals surface area contributed by atoms with E-state index in [0.29, 0.717) is 30.6 Å². The minimum Gasteiger partial charge on any atom is -0.497 e. The molecule has 1 unspecified atom stereocenters. The summed E-state index contributed by atoms with van der Waals surface area (Å²) in [6.07, 6.45) is 3.04. The molecule has 184 valence electrons. The van der Waals surface area contributed by atoms with Crippen LogP contribution in [0.25, 0.3) is 17.0 Å². The Kier molecular flexibility index (Phi) is 7.70. The fourth-order valence-electron chi connectivity index (χ4n) is 4.24. The highest BCUT2D eigenvalue weighted by molar-refractivity contribution is 5.87. The predicted molar refractivity (Wildman–Crippen MR) is 134 cm³/mol. The molecule has 2 amide bonds. The van der Waals surface area contributed by atoms with Gasteiger partial charge < -0.3 is 19.3 Å². The van der Waals surface area contributed by atoms with Gasteiger partial charge in [0.05, 0.1) is 25.3 Å². The van der Waals surface area contributed by atoms with Crippen molar-refractivity contribution >= 4 is 11.6 Å². The molecule has 0 aliphatic carbocycles. The second-order valence-electron chi connectivity index (χ2n) is 8.40. The number of nitrogens with one attached hydrogen (secondary N) is 1. The van der Waals surface area contributed by atoms with Crippen LogP contribution in [-0.4, -0.2) is 41.3 Å². The molecule has 0 radical (unpaired) electrons. The highest BCUT2D eigenvalue weighted by Gasteiger charge is 2.35. The number of unbranched alkanes of at least 4 members (excludes halogenated alkanes) is 2. The third-order valence-corrected chi connectivity index (χ3v) is 6.09. The Morgan fingerprint density at radius 3 is 2.60 bits per heavy atom. The molecule has 0 spiro atoms. The van der Waals surface area contributed by atoms with Crippen LogP contribution < -0.4 is 14.8 Å². The summed E-state index contributed by atoms with van der Waals surface area (Å²) in [6.45, 7) is 7.26. The molecule has 8 heteroatoms. The summed E-state index contributed by atoms with van der Waals surface area (Å²) < 4.78 is 16.7. The van der Waals surface area contributed by atoms with Crippen molar-refractivity contribution in [3.8, 4) is 22.9 Å². The number of aromatic nitrogens is 2. The molecule has 0 fully saturated rings. The number of hydrogen-bond acceptors (Lipinski definition) is 6. The van der Waals surface area contributed by atoms with Gasteiger partial charge in [0.1, 0.15) is 11.5 Å². The lowest BCUT2D eigenvalue weighted by molar-refractivity contribution is 0.204. The Balaban J connectivity index is 1.73. The molecule has 0 bridgehead atoms. The van der Waals surface area contributed by atoms with Crippen LogP contribution in [0.4, 0.5) is 4.79 Å². The monoisotopic (exact) mass is 476 g/mol. The van der Waals surface area contributed by atoms with Crippen LogP contribution in [0.3, 0.4) is 0 Å². The lowest BCUT2D eigenvalue weighted by atomic mass is 9.94. The van der Waals surface area contributed by atoms with Gasteiger partial charge in [0.25, 0.3) is 5.89 Å². The first kappa shape index (κ1) is 24.3. The maximum Gasteiger partial charge on any atom is 0.322 e. The lowest BCUT2D eigenvalue weighted by Gasteiger charge is -2.35. The van der Waals surface area contributed by atoms with Gasteiger partial charge in [-0.05, 0) is 62.2 Å². The van der Waals surface area contributed by atoms with E-state index in [1.54, 1.807) is 12.0 Å². The van der Waals surface area contributed by atoms with Gasteiger partial charge in [0, 0.05) is 17.8 Å². The third-order valence-electron chi connectivity index (χ3n) is 6.09. The highest BCUT2D eigenvalue weighted by atomic mass is 16.5. The summed E-state index contributed by atoms with van der Waals surface area (Å²) in [6, 6.07) is 14.6. The first-order valence-corrected chi connectivity index (χ1v) is 12.1. The van der Waals surface area contributed by atoms with Crippen molar-refractivity contribution in [1.82, 2.24) is 20.4 Å². The summed E-state index contributed by atoms with van der Waals surface area (Å²) in [5, 5.41) is 7.38. The zero-order chi connectivity index (χ0) is 24.8. The molecule has 8 nitrogen and oxygen atoms in total. The van der Waals surface area contributed by atoms with Crippen molar-refractivity contribution in [2.45, 2.75) is 46.1 Å². The molecular formula is C27H32N4O4. The number of carbonyl (C=O) groups is 1. The number of hydrogen-bond donors (Lipinski definition) is 1. The minimum atomic E-state index is -0.450. The third kappa shape index (κ3) is 5.31. The second-order valence-corrected chi connectivity index (χ2v) is 8.40. The molecule has 1 atom stereocenters. The zero-order valence-corrected chi connectivity index (χ0v) is 20.7. The summed E-state index contributed by atoms with van der Waals surface area (Å²) in [4.78, 5) is 19.6. The van der Waals surface area contributed by atoms with Gasteiger partial charge in [0.2, 0.25) is 5.82 Å². The molecular weight excluding hydrogens is 444 g/mol. The molecule has 3 aromatic rings. The molecule has 0 saturated carbocycles. The predicted octanol–water partition coefficient (Wildman–Crippen LogP) is 5.83. The first-order valence-electron chi connectivity index (χ1n) is 12.1. The smallest absolute Gasteiger partial charge is 0.322 e. The average molecular weight is 477 g/mol. The van der Waals surface area contributed by atoms with Gasteiger partial charge in [-0.25, -0.2) is 4.79 Å². The number of urea groups is 1. The van der Waals surface area contributed by atoms with Crippen molar-refractivity contribution < 1.29 is 18.8 Å². The van der Waals surface area contributed by atoms with Crippen LogP contribution in [0.5, 0.6) is 11.5 Å². The fourth-order valence-corrected chi connectivity index (χ4v) is 4.24. The van der Waals surface area contributed by atoms with Crippen molar-refractivity contribution in [1.29, 1.82) is 0 Å². The van der Waals surface area contributed by atoms with Crippen LogP contribution in [0, 0.1) is 0 Å². The summed E-state index contributed by atoms with van der Waals surface area (Å²) >= 11 is 0. The largest absolute Gasteiger partial charge is 0.497 e. The molecule has 4 rings (SSSR count). The fraction of sp³-hybridized carbons (Fsp3) is 0.370. The van der Waals surface area contributed by atoms with Gasteiger partial charge in [-0.2, -0.15) is 4.98 Å². The van der Waals surface area contributed by atoms with Gasteiger partial charge in [-0.1, -0.05) is 37.1 Å². The molecule has 1 aromatic heterocycles. The van der Waals surface area contributed by atoms with Crippen LogP contribution in [0.1, 0.15) is 57.5 Å². The van der Waals surface area contributed by atoms with E-state index in [-0.39, 0.29) is 6.03 Å². The van der Waals surface area contributed by atoms with Crippen molar-refractivity contribution in [3.05, 3.63) is 65.7 Å².